The van der Waals surface area contributed by atoms with Gasteiger partial charge in [-0.1, -0.05) is 0 Å². The van der Waals surface area contributed by atoms with Gasteiger partial charge in [0.1, 0.15) is 11.6 Å². The Kier molecular flexibility index (Phi) is 3.35. The van der Waals surface area contributed by atoms with Crippen molar-refractivity contribution in [3.05, 3.63) is 12.4 Å². The minimum Gasteiger partial charge on any atom is -0.369 e. The fourth-order valence-electron chi connectivity index (χ4n) is 2.26. The van der Waals surface area contributed by atoms with Gasteiger partial charge < -0.3 is 10.2 Å². The lowest BCUT2D eigenvalue weighted by Crippen LogP contribution is -2.29. The van der Waals surface area contributed by atoms with Gasteiger partial charge in [-0.2, -0.15) is 0 Å². The van der Waals surface area contributed by atoms with Gasteiger partial charge in [0.25, 0.3) is 0 Å². The standard InChI is InChI=1S/C14H22N4/c1-2-16-13-7-15-8-14(17-13)18(9-11-3-4-11)10-12-5-6-12/h7-8,11-12H,2-6,9-10H2,1H3,(H,16,17). The van der Waals surface area contributed by atoms with E-state index in [2.05, 4.69) is 27.1 Å². The average Bonchev–Trinajstić information content (AvgIpc) is 3.24. The Morgan fingerprint density at radius 2 is 1.83 bits per heavy atom. The summed E-state index contributed by atoms with van der Waals surface area (Å²) in [6.07, 6.45) is 9.27. The Labute approximate surface area is 109 Å². The van der Waals surface area contributed by atoms with Crippen LogP contribution >= 0.6 is 0 Å². The molecular formula is C14H22N4. The first-order chi connectivity index (χ1) is 8.85. The summed E-state index contributed by atoms with van der Waals surface area (Å²) >= 11 is 0. The molecule has 1 heterocycles. The predicted octanol–water partition coefficient (Wildman–Crippen LogP) is 2.53. The molecule has 0 radical (unpaired) electrons. The van der Waals surface area contributed by atoms with Crippen molar-refractivity contribution < 1.29 is 0 Å². The molecule has 1 N–H and O–H groups in total. The predicted molar refractivity (Wildman–Crippen MR) is 73.9 cm³/mol. The van der Waals surface area contributed by atoms with E-state index in [1.54, 1.807) is 6.20 Å². The molecule has 2 saturated carbocycles. The average molecular weight is 246 g/mol. The second-order valence-electron chi connectivity index (χ2n) is 5.58. The Balaban J connectivity index is 1.71. The highest BCUT2D eigenvalue weighted by Crippen LogP contribution is 2.35. The number of nitrogens with one attached hydrogen (secondary N) is 1. The zero-order valence-corrected chi connectivity index (χ0v) is 11.1. The van der Waals surface area contributed by atoms with Gasteiger partial charge in [-0.05, 0) is 44.4 Å². The molecule has 2 fully saturated rings. The van der Waals surface area contributed by atoms with E-state index in [1.165, 1.54) is 38.8 Å². The fourth-order valence-corrected chi connectivity index (χ4v) is 2.26. The van der Waals surface area contributed by atoms with E-state index in [1.807, 2.05) is 6.20 Å². The van der Waals surface area contributed by atoms with Crippen LogP contribution in [-0.4, -0.2) is 29.6 Å². The lowest BCUT2D eigenvalue weighted by Gasteiger charge is -2.23. The van der Waals surface area contributed by atoms with Crippen LogP contribution in [0.25, 0.3) is 0 Å². The molecule has 2 aliphatic rings. The smallest absolute Gasteiger partial charge is 0.149 e. The monoisotopic (exact) mass is 246 g/mol. The summed E-state index contributed by atoms with van der Waals surface area (Å²) in [6.45, 7) is 5.31. The van der Waals surface area contributed by atoms with Crippen LogP contribution in [0.3, 0.4) is 0 Å². The molecule has 0 aliphatic heterocycles. The van der Waals surface area contributed by atoms with Crippen molar-refractivity contribution in [2.75, 3.05) is 29.9 Å². The normalized spacial score (nSPS) is 18.7. The summed E-state index contributed by atoms with van der Waals surface area (Å²) in [4.78, 5) is 11.4. The van der Waals surface area contributed by atoms with E-state index >= 15 is 0 Å². The first kappa shape index (κ1) is 11.8. The topological polar surface area (TPSA) is 41.1 Å². The summed E-state index contributed by atoms with van der Waals surface area (Å²) in [6, 6.07) is 0. The molecule has 2 aliphatic carbocycles. The van der Waals surface area contributed by atoms with E-state index in [-0.39, 0.29) is 0 Å². The summed E-state index contributed by atoms with van der Waals surface area (Å²) in [7, 11) is 0. The van der Waals surface area contributed by atoms with Gasteiger partial charge in [0.05, 0.1) is 12.4 Å². The zero-order chi connectivity index (χ0) is 12.4. The van der Waals surface area contributed by atoms with E-state index in [0.29, 0.717) is 0 Å². The Bertz CT molecular complexity index is 385. The summed E-state index contributed by atoms with van der Waals surface area (Å²) in [5, 5.41) is 3.24. The van der Waals surface area contributed by atoms with Crippen LogP contribution in [0.5, 0.6) is 0 Å². The number of aromatic nitrogens is 2. The first-order valence-electron chi connectivity index (χ1n) is 7.16. The maximum absolute atomic E-state index is 4.68. The number of rotatable bonds is 7. The largest absolute Gasteiger partial charge is 0.369 e. The third-order valence-corrected chi connectivity index (χ3v) is 3.65. The number of hydrogen-bond donors (Lipinski definition) is 1. The molecule has 0 atom stereocenters. The highest BCUT2D eigenvalue weighted by atomic mass is 15.2. The molecule has 4 nitrogen and oxygen atoms in total. The molecule has 4 heteroatoms. The maximum atomic E-state index is 4.68. The van der Waals surface area contributed by atoms with Crippen LogP contribution in [0.2, 0.25) is 0 Å². The van der Waals surface area contributed by atoms with Crippen LogP contribution in [0, 0.1) is 11.8 Å². The van der Waals surface area contributed by atoms with Crippen molar-refractivity contribution >= 4 is 11.6 Å². The van der Waals surface area contributed by atoms with Gasteiger partial charge in [0.15, 0.2) is 0 Å². The van der Waals surface area contributed by atoms with E-state index in [0.717, 1.165) is 30.0 Å². The van der Waals surface area contributed by atoms with Gasteiger partial charge in [-0.15, -0.1) is 0 Å². The third kappa shape index (κ3) is 3.12. The van der Waals surface area contributed by atoms with E-state index in [9.17, 15) is 0 Å². The molecule has 1 aromatic rings. The second-order valence-corrected chi connectivity index (χ2v) is 5.58. The molecule has 3 rings (SSSR count). The van der Waals surface area contributed by atoms with Gasteiger partial charge in [0, 0.05) is 19.6 Å². The molecule has 0 bridgehead atoms. The number of anilines is 2. The molecule has 0 amide bonds. The quantitative estimate of drug-likeness (QED) is 0.802. The lowest BCUT2D eigenvalue weighted by atomic mass is 10.3. The highest BCUT2D eigenvalue weighted by Gasteiger charge is 2.29. The fraction of sp³-hybridized carbons (Fsp3) is 0.714. The summed E-state index contributed by atoms with van der Waals surface area (Å²) < 4.78 is 0. The minimum absolute atomic E-state index is 0.892. The molecular weight excluding hydrogens is 224 g/mol. The van der Waals surface area contributed by atoms with Crippen molar-refractivity contribution in [3.8, 4) is 0 Å². The van der Waals surface area contributed by atoms with Gasteiger partial charge in [-0.25, -0.2) is 4.98 Å². The molecule has 0 saturated heterocycles. The SMILES string of the molecule is CCNc1cncc(N(CC2CC2)CC2CC2)n1. The van der Waals surface area contributed by atoms with Gasteiger partial charge in [-0.3, -0.25) is 4.98 Å². The molecule has 0 unspecified atom stereocenters. The third-order valence-electron chi connectivity index (χ3n) is 3.65. The minimum atomic E-state index is 0.892. The van der Waals surface area contributed by atoms with Crippen molar-refractivity contribution in [2.45, 2.75) is 32.6 Å². The van der Waals surface area contributed by atoms with E-state index < -0.39 is 0 Å². The Hall–Kier alpha value is -1.32. The van der Waals surface area contributed by atoms with Crippen LogP contribution < -0.4 is 10.2 Å². The van der Waals surface area contributed by atoms with Crippen molar-refractivity contribution in [2.24, 2.45) is 11.8 Å². The van der Waals surface area contributed by atoms with Crippen LogP contribution in [0.15, 0.2) is 12.4 Å². The maximum Gasteiger partial charge on any atom is 0.149 e. The summed E-state index contributed by atoms with van der Waals surface area (Å²) in [5.74, 6) is 3.74. The van der Waals surface area contributed by atoms with Crippen molar-refractivity contribution in [1.82, 2.24) is 9.97 Å². The van der Waals surface area contributed by atoms with Gasteiger partial charge >= 0.3 is 0 Å². The highest BCUT2D eigenvalue weighted by molar-refractivity contribution is 5.44. The molecule has 0 aromatic carbocycles. The zero-order valence-electron chi connectivity index (χ0n) is 11.1. The molecule has 98 valence electrons. The van der Waals surface area contributed by atoms with E-state index in [4.69, 9.17) is 0 Å². The van der Waals surface area contributed by atoms with Crippen LogP contribution in [0.4, 0.5) is 11.6 Å². The molecule has 0 spiro atoms. The Morgan fingerprint density at radius 1 is 1.17 bits per heavy atom. The number of hydrogen-bond acceptors (Lipinski definition) is 4. The van der Waals surface area contributed by atoms with Gasteiger partial charge in [0.2, 0.25) is 0 Å². The summed E-state index contributed by atoms with van der Waals surface area (Å²) in [5.41, 5.74) is 0. The molecule has 18 heavy (non-hydrogen) atoms. The second kappa shape index (κ2) is 5.12. The van der Waals surface area contributed by atoms with Crippen molar-refractivity contribution in [1.29, 1.82) is 0 Å². The van der Waals surface area contributed by atoms with Crippen molar-refractivity contribution in [3.63, 3.8) is 0 Å². The lowest BCUT2D eigenvalue weighted by molar-refractivity contribution is 0.670. The van der Waals surface area contributed by atoms with Crippen LogP contribution in [0.1, 0.15) is 32.6 Å². The molecule has 1 aromatic heterocycles. The van der Waals surface area contributed by atoms with Crippen LogP contribution in [-0.2, 0) is 0 Å². The Morgan fingerprint density at radius 3 is 2.39 bits per heavy atom. The number of nitrogens with zero attached hydrogens (tertiary/aromatic N) is 3. The first-order valence-corrected chi connectivity index (χ1v) is 7.16.